The number of aromatic nitrogens is 2. The molecule has 0 aromatic carbocycles. The molecule has 1 heterocycles. The first-order chi connectivity index (χ1) is 7.70. The van der Waals surface area contributed by atoms with Crippen LogP contribution < -0.4 is 11.1 Å². The zero-order valence-corrected chi connectivity index (χ0v) is 10.7. The molecule has 1 fully saturated rings. The van der Waals surface area contributed by atoms with Crippen LogP contribution in [-0.2, 0) is 0 Å². The van der Waals surface area contributed by atoms with Crippen LogP contribution in [0, 0.1) is 0 Å². The lowest BCUT2D eigenvalue weighted by Crippen LogP contribution is -2.26. The minimum atomic E-state index is 0.255. The van der Waals surface area contributed by atoms with Crippen molar-refractivity contribution in [2.75, 3.05) is 17.3 Å². The monoisotopic (exact) mass is 258 g/mol. The number of halogens is 1. The first kappa shape index (κ1) is 11.8. The predicted molar refractivity (Wildman–Crippen MR) is 70.0 cm³/mol. The van der Waals surface area contributed by atoms with Crippen LogP contribution in [0.3, 0.4) is 0 Å². The SMILES string of the molecule is CSC1CCCC1Nc1nc(N)ncc1Cl. The van der Waals surface area contributed by atoms with Crippen LogP contribution in [0.2, 0.25) is 5.02 Å². The average molecular weight is 259 g/mol. The molecule has 1 aromatic rings. The zero-order valence-electron chi connectivity index (χ0n) is 9.11. The van der Waals surface area contributed by atoms with Gasteiger partial charge >= 0.3 is 0 Å². The Balaban J connectivity index is 2.11. The van der Waals surface area contributed by atoms with Crippen molar-refractivity contribution in [2.45, 2.75) is 30.6 Å². The quantitative estimate of drug-likeness (QED) is 0.872. The van der Waals surface area contributed by atoms with E-state index in [0.717, 1.165) is 6.42 Å². The summed E-state index contributed by atoms with van der Waals surface area (Å²) in [5, 5.41) is 4.53. The number of rotatable bonds is 3. The third-order valence-electron chi connectivity index (χ3n) is 2.84. The summed E-state index contributed by atoms with van der Waals surface area (Å²) in [6.45, 7) is 0. The standard InChI is InChI=1S/C10H15ClN4S/c1-16-8-4-2-3-7(8)14-9-6(11)5-13-10(12)15-9/h5,7-8H,2-4H2,1H3,(H3,12,13,14,15). The van der Waals surface area contributed by atoms with E-state index >= 15 is 0 Å². The van der Waals surface area contributed by atoms with Crippen molar-refractivity contribution in [3.63, 3.8) is 0 Å². The second kappa shape index (κ2) is 5.10. The van der Waals surface area contributed by atoms with Crippen molar-refractivity contribution in [3.8, 4) is 0 Å². The summed E-state index contributed by atoms with van der Waals surface area (Å²) in [7, 11) is 0. The van der Waals surface area contributed by atoms with Crippen LogP contribution in [0.25, 0.3) is 0 Å². The van der Waals surface area contributed by atoms with Crippen molar-refractivity contribution in [1.29, 1.82) is 0 Å². The van der Waals surface area contributed by atoms with Crippen molar-refractivity contribution < 1.29 is 0 Å². The molecule has 0 bridgehead atoms. The lowest BCUT2D eigenvalue weighted by Gasteiger charge is -2.20. The van der Waals surface area contributed by atoms with Gasteiger partial charge in [0.25, 0.3) is 0 Å². The molecule has 0 saturated heterocycles. The highest BCUT2D eigenvalue weighted by Crippen LogP contribution is 2.31. The topological polar surface area (TPSA) is 63.8 Å². The van der Waals surface area contributed by atoms with Gasteiger partial charge in [-0.3, -0.25) is 0 Å². The highest BCUT2D eigenvalue weighted by molar-refractivity contribution is 7.99. The molecule has 2 atom stereocenters. The van der Waals surface area contributed by atoms with E-state index in [1.807, 2.05) is 11.8 Å². The molecule has 6 heteroatoms. The number of anilines is 2. The molecule has 0 aliphatic heterocycles. The van der Waals surface area contributed by atoms with Gasteiger partial charge in [-0.15, -0.1) is 0 Å². The third kappa shape index (κ3) is 2.52. The average Bonchev–Trinajstić information content (AvgIpc) is 2.71. The summed E-state index contributed by atoms with van der Waals surface area (Å²) in [6, 6.07) is 0.432. The number of nitrogens with one attached hydrogen (secondary N) is 1. The molecule has 0 radical (unpaired) electrons. The summed E-state index contributed by atoms with van der Waals surface area (Å²) in [6.07, 6.45) is 7.33. The van der Waals surface area contributed by atoms with Crippen molar-refractivity contribution in [1.82, 2.24) is 9.97 Å². The van der Waals surface area contributed by atoms with Crippen LogP contribution in [0.15, 0.2) is 6.20 Å². The summed E-state index contributed by atoms with van der Waals surface area (Å²) in [5.74, 6) is 0.908. The fraction of sp³-hybridized carbons (Fsp3) is 0.600. The van der Waals surface area contributed by atoms with Gasteiger partial charge < -0.3 is 11.1 Å². The Morgan fingerprint density at radius 1 is 1.56 bits per heavy atom. The van der Waals surface area contributed by atoms with Crippen molar-refractivity contribution in [3.05, 3.63) is 11.2 Å². The maximum absolute atomic E-state index is 6.02. The van der Waals surface area contributed by atoms with Crippen LogP contribution in [0.4, 0.5) is 11.8 Å². The van der Waals surface area contributed by atoms with E-state index < -0.39 is 0 Å². The van der Waals surface area contributed by atoms with Crippen LogP contribution in [0.5, 0.6) is 0 Å². The largest absolute Gasteiger partial charge is 0.368 e. The van der Waals surface area contributed by atoms with E-state index in [1.165, 1.54) is 19.0 Å². The maximum Gasteiger partial charge on any atom is 0.222 e. The predicted octanol–water partition coefficient (Wildman–Crippen LogP) is 2.41. The Bertz CT molecular complexity index is 374. The Morgan fingerprint density at radius 2 is 2.38 bits per heavy atom. The number of hydrogen-bond donors (Lipinski definition) is 2. The number of thioether (sulfide) groups is 1. The molecule has 1 aromatic heterocycles. The molecular formula is C10H15ClN4S. The molecule has 2 unspecified atom stereocenters. The van der Waals surface area contributed by atoms with Gasteiger partial charge in [-0.1, -0.05) is 18.0 Å². The molecule has 2 rings (SSSR count). The Labute approximate surface area is 104 Å². The molecular weight excluding hydrogens is 244 g/mol. The van der Waals surface area contributed by atoms with Gasteiger partial charge in [-0.25, -0.2) is 4.98 Å². The number of hydrogen-bond acceptors (Lipinski definition) is 5. The first-order valence-corrected chi connectivity index (χ1v) is 6.94. The highest BCUT2D eigenvalue weighted by atomic mass is 35.5. The molecule has 88 valence electrons. The van der Waals surface area contributed by atoms with Gasteiger partial charge in [-0.2, -0.15) is 16.7 Å². The number of nitrogen functional groups attached to an aromatic ring is 1. The summed E-state index contributed by atoms with van der Waals surface area (Å²) < 4.78 is 0. The van der Waals surface area contributed by atoms with E-state index in [4.69, 9.17) is 17.3 Å². The molecule has 1 saturated carbocycles. The first-order valence-electron chi connectivity index (χ1n) is 5.28. The molecule has 16 heavy (non-hydrogen) atoms. The van der Waals surface area contributed by atoms with Gasteiger partial charge in [0.2, 0.25) is 5.95 Å². The van der Waals surface area contributed by atoms with Crippen molar-refractivity contribution >= 4 is 35.1 Å². The maximum atomic E-state index is 6.02. The smallest absolute Gasteiger partial charge is 0.222 e. The molecule has 0 spiro atoms. The fourth-order valence-corrected chi connectivity index (χ4v) is 3.11. The third-order valence-corrected chi connectivity index (χ3v) is 4.29. The van der Waals surface area contributed by atoms with Crippen LogP contribution >= 0.6 is 23.4 Å². The van der Waals surface area contributed by atoms with E-state index in [9.17, 15) is 0 Å². The van der Waals surface area contributed by atoms with Gasteiger partial charge in [0.15, 0.2) is 5.82 Å². The van der Waals surface area contributed by atoms with E-state index in [1.54, 1.807) is 0 Å². The number of nitrogens with zero attached hydrogens (tertiary/aromatic N) is 2. The Kier molecular flexibility index (Phi) is 3.76. The second-order valence-corrected chi connectivity index (χ2v) is 5.36. The number of nitrogens with two attached hydrogens (primary N) is 1. The Hall–Kier alpha value is -0.680. The van der Waals surface area contributed by atoms with Gasteiger partial charge in [-0.05, 0) is 19.1 Å². The lowest BCUT2D eigenvalue weighted by atomic mass is 10.2. The van der Waals surface area contributed by atoms with Crippen molar-refractivity contribution in [2.24, 2.45) is 0 Å². The summed E-state index contributed by atoms with van der Waals surface area (Å²) in [5.41, 5.74) is 5.54. The molecule has 0 amide bonds. The van der Waals surface area contributed by atoms with E-state index in [0.29, 0.717) is 22.1 Å². The molecule has 3 N–H and O–H groups in total. The Morgan fingerprint density at radius 3 is 3.12 bits per heavy atom. The van der Waals surface area contributed by atoms with Gasteiger partial charge in [0.1, 0.15) is 5.02 Å². The summed E-state index contributed by atoms with van der Waals surface area (Å²) in [4.78, 5) is 7.96. The summed E-state index contributed by atoms with van der Waals surface area (Å²) >= 11 is 7.91. The fourth-order valence-electron chi connectivity index (χ4n) is 2.03. The lowest BCUT2D eigenvalue weighted by molar-refractivity contribution is 0.763. The van der Waals surface area contributed by atoms with E-state index in [-0.39, 0.29) is 5.95 Å². The van der Waals surface area contributed by atoms with E-state index in [2.05, 4.69) is 21.5 Å². The highest BCUT2D eigenvalue weighted by Gasteiger charge is 2.27. The van der Waals surface area contributed by atoms with Crippen LogP contribution in [-0.4, -0.2) is 27.5 Å². The minimum Gasteiger partial charge on any atom is -0.368 e. The normalized spacial score (nSPS) is 24.6. The minimum absolute atomic E-state index is 0.255. The van der Waals surface area contributed by atoms with Crippen LogP contribution in [0.1, 0.15) is 19.3 Å². The molecule has 4 nitrogen and oxygen atoms in total. The zero-order chi connectivity index (χ0) is 11.5. The molecule has 1 aliphatic carbocycles. The second-order valence-electron chi connectivity index (χ2n) is 3.88. The molecule has 1 aliphatic rings. The van der Waals surface area contributed by atoms with Gasteiger partial charge in [0, 0.05) is 11.3 Å². The van der Waals surface area contributed by atoms with Gasteiger partial charge in [0.05, 0.1) is 6.20 Å².